The molecule has 1 amide bonds. The highest BCUT2D eigenvalue weighted by Crippen LogP contribution is 2.23. The van der Waals surface area contributed by atoms with E-state index in [-0.39, 0.29) is 6.09 Å². The number of nitrogens with zero attached hydrogens (tertiary/aromatic N) is 1. The Morgan fingerprint density at radius 2 is 1.83 bits per heavy atom. The smallest absolute Gasteiger partial charge is 0.410 e. The second kappa shape index (κ2) is 8.22. The molecule has 4 nitrogen and oxygen atoms in total. The van der Waals surface area contributed by atoms with Gasteiger partial charge in [0.25, 0.3) is 0 Å². The summed E-state index contributed by atoms with van der Waals surface area (Å²) in [5.74, 6) is 1.55. The van der Waals surface area contributed by atoms with Crippen LogP contribution in [0, 0.1) is 9.49 Å². The van der Waals surface area contributed by atoms with Crippen LogP contribution in [0.2, 0.25) is 0 Å². The van der Waals surface area contributed by atoms with Gasteiger partial charge in [-0.1, -0.05) is 0 Å². The molecule has 0 unspecified atom stereocenters. The van der Waals surface area contributed by atoms with E-state index in [1.807, 2.05) is 37.8 Å². The Morgan fingerprint density at radius 1 is 1.22 bits per heavy atom. The SMILES string of the molecule is CC(C)(C)OC(=O)N1CCC(CCOc2ccc(I)cc2)CC1. The molecular weight excluding hydrogens is 405 g/mol. The molecule has 1 heterocycles. The normalized spacial score (nSPS) is 16.3. The maximum atomic E-state index is 12.0. The zero-order chi connectivity index (χ0) is 16.9. The number of ether oxygens (including phenoxy) is 2. The van der Waals surface area contributed by atoms with Gasteiger partial charge in [0.05, 0.1) is 6.61 Å². The Bertz CT molecular complexity index is 502. The Morgan fingerprint density at radius 3 is 2.39 bits per heavy atom. The van der Waals surface area contributed by atoms with Crippen LogP contribution in [0.25, 0.3) is 0 Å². The van der Waals surface area contributed by atoms with Gasteiger partial charge in [0.2, 0.25) is 0 Å². The number of rotatable bonds is 4. The molecule has 0 atom stereocenters. The molecule has 0 aromatic heterocycles. The minimum atomic E-state index is -0.421. The topological polar surface area (TPSA) is 38.8 Å². The maximum Gasteiger partial charge on any atom is 0.410 e. The summed E-state index contributed by atoms with van der Waals surface area (Å²) in [6.07, 6.45) is 2.89. The molecule has 0 spiro atoms. The summed E-state index contributed by atoms with van der Waals surface area (Å²) in [7, 11) is 0. The second-order valence-corrected chi connectivity index (χ2v) is 8.25. The van der Waals surface area contributed by atoms with Gasteiger partial charge < -0.3 is 14.4 Å². The van der Waals surface area contributed by atoms with E-state index in [1.54, 1.807) is 0 Å². The lowest BCUT2D eigenvalue weighted by molar-refractivity contribution is 0.0177. The maximum absolute atomic E-state index is 12.0. The van der Waals surface area contributed by atoms with Crippen LogP contribution < -0.4 is 4.74 Å². The van der Waals surface area contributed by atoms with Gasteiger partial charge in [-0.25, -0.2) is 4.79 Å². The van der Waals surface area contributed by atoms with E-state index < -0.39 is 5.60 Å². The molecular formula is C18H26INO3. The van der Waals surface area contributed by atoms with Crippen LogP contribution in [-0.4, -0.2) is 36.3 Å². The van der Waals surface area contributed by atoms with E-state index in [2.05, 4.69) is 34.7 Å². The predicted octanol–water partition coefficient (Wildman–Crippen LogP) is 4.71. The highest BCUT2D eigenvalue weighted by molar-refractivity contribution is 14.1. The van der Waals surface area contributed by atoms with E-state index in [9.17, 15) is 4.79 Å². The van der Waals surface area contributed by atoms with Crippen molar-refractivity contribution in [1.29, 1.82) is 0 Å². The van der Waals surface area contributed by atoms with Crippen molar-refractivity contribution in [2.24, 2.45) is 5.92 Å². The van der Waals surface area contributed by atoms with Crippen LogP contribution in [0.15, 0.2) is 24.3 Å². The van der Waals surface area contributed by atoms with Gasteiger partial charge >= 0.3 is 6.09 Å². The van der Waals surface area contributed by atoms with Gasteiger partial charge in [-0.3, -0.25) is 0 Å². The van der Waals surface area contributed by atoms with Crippen molar-refractivity contribution in [3.63, 3.8) is 0 Å². The van der Waals surface area contributed by atoms with Crippen molar-refractivity contribution in [3.8, 4) is 5.75 Å². The largest absolute Gasteiger partial charge is 0.494 e. The van der Waals surface area contributed by atoms with Crippen LogP contribution in [0.4, 0.5) is 4.79 Å². The Kier molecular flexibility index (Phi) is 6.56. The third-order valence-electron chi connectivity index (χ3n) is 3.87. The number of likely N-dealkylation sites (tertiary alicyclic amines) is 1. The summed E-state index contributed by atoms with van der Waals surface area (Å²) in [6, 6.07) is 8.12. The molecule has 2 rings (SSSR count). The summed E-state index contributed by atoms with van der Waals surface area (Å²) >= 11 is 2.29. The lowest BCUT2D eigenvalue weighted by Crippen LogP contribution is -2.41. The fourth-order valence-corrected chi connectivity index (χ4v) is 2.96. The van der Waals surface area contributed by atoms with Crippen molar-refractivity contribution in [2.75, 3.05) is 19.7 Å². The molecule has 1 aromatic carbocycles. The zero-order valence-electron chi connectivity index (χ0n) is 14.2. The molecule has 0 radical (unpaired) electrons. The number of carbonyl (C=O) groups is 1. The zero-order valence-corrected chi connectivity index (χ0v) is 16.3. The van der Waals surface area contributed by atoms with Crippen LogP contribution in [0.5, 0.6) is 5.75 Å². The van der Waals surface area contributed by atoms with E-state index in [4.69, 9.17) is 9.47 Å². The number of benzene rings is 1. The second-order valence-electron chi connectivity index (χ2n) is 7.00. The molecule has 5 heteroatoms. The molecule has 23 heavy (non-hydrogen) atoms. The van der Waals surface area contributed by atoms with E-state index in [0.717, 1.165) is 44.7 Å². The quantitative estimate of drug-likeness (QED) is 0.649. The number of piperidine rings is 1. The average Bonchev–Trinajstić information content (AvgIpc) is 2.48. The van der Waals surface area contributed by atoms with Gasteiger partial charge in [-0.15, -0.1) is 0 Å². The molecule has 1 aromatic rings. The molecule has 1 saturated heterocycles. The molecule has 128 valence electrons. The fraction of sp³-hybridized carbons (Fsp3) is 0.611. The van der Waals surface area contributed by atoms with Gasteiger partial charge in [0.15, 0.2) is 0 Å². The van der Waals surface area contributed by atoms with Crippen molar-refractivity contribution < 1.29 is 14.3 Å². The monoisotopic (exact) mass is 431 g/mol. The van der Waals surface area contributed by atoms with Gasteiger partial charge in [-0.05, 0) is 92.8 Å². The average molecular weight is 431 g/mol. The Labute approximate surface area is 152 Å². The van der Waals surface area contributed by atoms with Gasteiger partial charge in [0, 0.05) is 16.7 Å². The third kappa shape index (κ3) is 6.57. The molecule has 0 saturated carbocycles. The number of carbonyl (C=O) groups excluding carboxylic acids is 1. The molecule has 1 fully saturated rings. The summed E-state index contributed by atoms with van der Waals surface area (Å²) < 4.78 is 12.4. The van der Waals surface area contributed by atoms with E-state index in [1.165, 1.54) is 3.57 Å². The van der Waals surface area contributed by atoms with Crippen molar-refractivity contribution >= 4 is 28.7 Å². The highest BCUT2D eigenvalue weighted by atomic mass is 127. The first-order chi connectivity index (χ1) is 10.8. The minimum absolute atomic E-state index is 0.189. The molecule has 1 aliphatic heterocycles. The van der Waals surface area contributed by atoms with E-state index >= 15 is 0 Å². The minimum Gasteiger partial charge on any atom is -0.494 e. The molecule has 1 aliphatic rings. The van der Waals surface area contributed by atoms with Crippen LogP contribution in [0.1, 0.15) is 40.0 Å². The summed E-state index contributed by atoms with van der Waals surface area (Å²) in [6.45, 7) is 8.00. The molecule has 0 N–H and O–H groups in total. The predicted molar refractivity (Wildman–Crippen MR) is 99.8 cm³/mol. The fourth-order valence-electron chi connectivity index (χ4n) is 2.60. The standard InChI is InChI=1S/C18H26INO3/c1-18(2,3)23-17(21)20-11-8-14(9-12-20)10-13-22-16-6-4-15(19)5-7-16/h4-7,14H,8-13H2,1-3H3. The van der Waals surface area contributed by atoms with Crippen LogP contribution in [-0.2, 0) is 4.74 Å². The van der Waals surface area contributed by atoms with Gasteiger partial charge in [0.1, 0.15) is 11.4 Å². The van der Waals surface area contributed by atoms with Crippen molar-refractivity contribution in [2.45, 2.75) is 45.6 Å². The Hall–Kier alpha value is -0.980. The van der Waals surface area contributed by atoms with Crippen molar-refractivity contribution in [3.05, 3.63) is 27.8 Å². The van der Waals surface area contributed by atoms with Crippen molar-refractivity contribution in [1.82, 2.24) is 4.90 Å². The number of amides is 1. The summed E-state index contributed by atoms with van der Waals surface area (Å²) in [5.41, 5.74) is -0.421. The van der Waals surface area contributed by atoms with Crippen LogP contribution >= 0.6 is 22.6 Å². The molecule has 0 aliphatic carbocycles. The summed E-state index contributed by atoms with van der Waals surface area (Å²) in [4.78, 5) is 13.8. The van der Waals surface area contributed by atoms with Gasteiger partial charge in [-0.2, -0.15) is 0 Å². The molecule has 0 bridgehead atoms. The van der Waals surface area contributed by atoms with Crippen LogP contribution in [0.3, 0.4) is 0 Å². The number of hydrogen-bond donors (Lipinski definition) is 0. The van der Waals surface area contributed by atoms with E-state index in [0.29, 0.717) is 5.92 Å². The lowest BCUT2D eigenvalue weighted by atomic mass is 9.94. The number of hydrogen-bond acceptors (Lipinski definition) is 3. The first-order valence-corrected chi connectivity index (χ1v) is 9.28. The first kappa shape index (κ1) is 18.4. The lowest BCUT2D eigenvalue weighted by Gasteiger charge is -2.33. The third-order valence-corrected chi connectivity index (χ3v) is 4.59. The Balaban J connectivity index is 1.66. The highest BCUT2D eigenvalue weighted by Gasteiger charge is 2.26. The number of halogens is 1. The summed E-state index contributed by atoms with van der Waals surface area (Å²) in [5, 5.41) is 0. The first-order valence-electron chi connectivity index (χ1n) is 8.20.